The molecule has 0 bridgehead atoms. The van der Waals surface area contributed by atoms with Gasteiger partial charge in [0.2, 0.25) is 5.91 Å². The summed E-state index contributed by atoms with van der Waals surface area (Å²) in [6, 6.07) is 4.21. The molecule has 0 radical (unpaired) electrons. The molecule has 0 unspecified atom stereocenters. The molecule has 0 saturated carbocycles. The SMILES string of the molecule is CC(C)N(CCCO)c1ccc(C(N)=O)cc1[N+](=O)[O-]. The lowest BCUT2D eigenvalue weighted by molar-refractivity contribution is -0.384. The second-order valence-electron chi connectivity index (χ2n) is 4.69. The summed E-state index contributed by atoms with van der Waals surface area (Å²) in [4.78, 5) is 23.6. The van der Waals surface area contributed by atoms with Crippen LogP contribution in [0.5, 0.6) is 0 Å². The van der Waals surface area contributed by atoms with Crippen molar-refractivity contribution in [3.05, 3.63) is 33.9 Å². The number of rotatable bonds is 7. The molecule has 0 spiro atoms. The van der Waals surface area contributed by atoms with Crippen molar-refractivity contribution in [2.75, 3.05) is 18.1 Å². The van der Waals surface area contributed by atoms with E-state index in [4.69, 9.17) is 10.8 Å². The highest BCUT2D eigenvalue weighted by Gasteiger charge is 2.22. The summed E-state index contributed by atoms with van der Waals surface area (Å²) in [5, 5.41) is 20.1. The molecule has 0 heterocycles. The van der Waals surface area contributed by atoms with Crippen molar-refractivity contribution >= 4 is 17.3 Å². The number of benzene rings is 1. The van der Waals surface area contributed by atoms with Crippen molar-refractivity contribution in [3.8, 4) is 0 Å². The molecule has 0 aliphatic carbocycles. The van der Waals surface area contributed by atoms with Gasteiger partial charge in [0.1, 0.15) is 5.69 Å². The van der Waals surface area contributed by atoms with Gasteiger partial charge >= 0.3 is 0 Å². The van der Waals surface area contributed by atoms with E-state index < -0.39 is 10.8 Å². The van der Waals surface area contributed by atoms with Crippen LogP contribution in [0.3, 0.4) is 0 Å². The highest BCUT2D eigenvalue weighted by atomic mass is 16.6. The molecule has 0 aliphatic heterocycles. The maximum absolute atomic E-state index is 11.2. The lowest BCUT2D eigenvalue weighted by Crippen LogP contribution is -2.32. The summed E-state index contributed by atoms with van der Waals surface area (Å²) < 4.78 is 0. The Kier molecular flexibility index (Phi) is 5.45. The number of aliphatic hydroxyl groups is 1. The molecule has 1 aromatic rings. The fourth-order valence-corrected chi connectivity index (χ4v) is 1.96. The molecule has 110 valence electrons. The molecule has 0 aliphatic rings. The average Bonchev–Trinajstić information content (AvgIpc) is 2.38. The fraction of sp³-hybridized carbons (Fsp3) is 0.462. The van der Waals surface area contributed by atoms with Gasteiger partial charge in [0.05, 0.1) is 4.92 Å². The molecule has 0 aromatic heterocycles. The van der Waals surface area contributed by atoms with Gasteiger partial charge in [0.15, 0.2) is 0 Å². The molecule has 20 heavy (non-hydrogen) atoms. The zero-order valence-corrected chi connectivity index (χ0v) is 11.6. The van der Waals surface area contributed by atoms with Crippen LogP contribution in [0.4, 0.5) is 11.4 Å². The van der Waals surface area contributed by atoms with Gasteiger partial charge in [-0.15, -0.1) is 0 Å². The molecule has 1 aromatic carbocycles. The molecule has 3 N–H and O–H groups in total. The van der Waals surface area contributed by atoms with Crippen molar-refractivity contribution in [2.24, 2.45) is 5.73 Å². The molecular formula is C13H19N3O4. The average molecular weight is 281 g/mol. The van der Waals surface area contributed by atoms with Crippen molar-refractivity contribution < 1.29 is 14.8 Å². The minimum Gasteiger partial charge on any atom is -0.396 e. The van der Waals surface area contributed by atoms with E-state index in [0.29, 0.717) is 18.7 Å². The number of carbonyl (C=O) groups is 1. The number of carbonyl (C=O) groups excluding carboxylic acids is 1. The molecule has 1 amide bonds. The summed E-state index contributed by atoms with van der Waals surface area (Å²) in [5.41, 5.74) is 5.50. The van der Waals surface area contributed by atoms with Gasteiger partial charge < -0.3 is 15.7 Å². The third-order valence-corrected chi connectivity index (χ3v) is 2.95. The van der Waals surface area contributed by atoms with Crippen molar-refractivity contribution in [2.45, 2.75) is 26.3 Å². The van der Waals surface area contributed by atoms with E-state index in [9.17, 15) is 14.9 Å². The van der Waals surface area contributed by atoms with Gasteiger partial charge in [-0.2, -0.15) is 0 Å². The summed E-state index contributed by atoms with van der Waals surface area (Å²) in [6.45, 7) is 4.31. The van der Waals surface area contributed by atoms with Gasteiger partial charge in [-0.25, -0.2) is 0 Å². The van der Waals surface area contributed by atoms with Gasteiger partial charge in [-0.1, -0.05) is 0 Å². The molecule has 7 heteroatoms. The zero-order chi connectivity index (χ0) is 15.3. The Morgan fingerprint density at radius 2 is 2.15 bits per heavy atom. The van der Waals surface area contributed by atoms with Crippen LogP contribution < -0.4 is 10.6 Å². The van der Waals surface area contributed by atoms with Gasteiger partial charge in [-0.05, 0) is 32.4 Å². The molecule has 0 atom stereocenters. The van der Waals surface area contributed by atoms with E-state index in [1.807, 2.05) is 18.7 Å². The van der Waals surface area contributed by atoms with E-state index in [0.717, 1.165) is 0 Å². The first-order valence-electron chi connectivity index (χ1n) is 6.34. The van der Waals surface area contributed by atoms with Crippen molar-refractivity contribution in [1.29, 1.82) is 0 Å². The Labute approximate surface area is 117 Å². The number of nitrogens with zero attached hydrogens (tertiary/aromatic N) is 2. The number of nitrogens with two attached hydrogens (primary N) is 1. The molecule has 0 fully saturated rings. The number of amides is 1. The first kappa shape index (κ1) is 15.9. The third kappa shape index (κ3) is 3.67. The third-order valence-electron chi connectivity index (χ3n) is 2.95. The lowest BCUT2D eigenvalue weighted by Gasteiger charge is -2.28. The Morgan fingerprint density at radius 1 is 1.50 bits per heavy atom. The smallest absolute Gasteiger partial charge is 0.293 e. The minimum atomic E-state index is -0.703. The second-order valence-corrected chi connectivity index (χ2v) is 4.69. The first-order valence-corrected chi connectivity index (χ1v) is 6.34. The minimum absolute atomic E-state index is 0.0103. The number of nitro benzene ring substituents is 1. The highest BCUT2D eigenvalue weighted by molar-refractivity contribution is 5.94. The van der Waals surface area contributed by atoms with E-state index in [1.54, 1.807) is 0 Å². The van der Waals surface area contributed by atoms with Crippen LogP contribution in [0, 0.1) is 10.1 Å². The van der Waals surface area contributed by atoms with Crippen LogP contribution in [0.1, 0.15) is 30.6 Å². The van der Waals surface area contributed by atoms with Crippen LogP contribution in [-0.2, 0) is 0 Å². The van der Waals surface area contributed by atoms with Gasteiger partial charge in [0, 0.05) is 30.8 Å². The summed E-state index contributed by atoms with van der Waals surface area (Å²) in [7, 11) is 0. The quantitative estimate of drug-likeness (QED) is 0.578. The molecule has 1 rings (SSSR count). The highest BCUT2D eigenvalue weighted by Crippen LogP contribution is 2.30. The number of aliphatic hydroxyl groups excluding tert-OH is 1. The topological polar surface area (TPSA) is 110 Å². The lowest BCUT2D eigenvalue weighted by atomic mass is 10.1. The molecule has 7 nitrogen and oxygen atoms in total. The Balaban J connectivity index is 3.26. The van der Waals surface area contributed by atoms with E-state index in [1.165, 1.54) is 18.2 Å². The van der Waals surface area contributed by atoms with E-state index in [2.05, 4.69) is 0 Å². The van der Waals surface area contributed by atoms with E-state index in [-0.39, 0.29) is 23.9 Å². The fourth-order valence-electron chi connectivity index (χ4n) is 1.96. The van der Waals surface area contributed by atoms with Crippen molar-refractivity contribution in [3.63, 3.8) is 0 Å². The predicted molar refractivity (Wildman–Crippen MR) is 75.8 cm³/mol. The van der Waals surface area contributed by atoms with Gasteiger partial charge in [-0.3, -0.25) is 14.9 Å². The largest absolute Gasteiger partial charge is 0.396 e. The Morgan fingerprint density at radius 3 is 2.60 bits per heavy atom. The first-order chi connectivity index (χ1) is 9.38. The number of hydrogen-bond donors (Lipinski definition) is 2. The van der Waals surface area contributed by atoms with Crippen LogP contribution in [0.25, 0.3) is 0 Å². The number of anilines is 1. The predicted octanol–water partition coefficient (Wildman–Crippen LogP) is 1.29. The number of nitro groups is 1. The second kappa shape index (κ2) is 6.85. The van der Waals surface area contributed by atoms with Crippen LogP contribution >= 0.6 is 0 Å². The van der Waals surface area contributed by atoms with Gasteiger partial charge in [0.25, 0.3) is 5.69 Å². The Hall–Kier alpha value is -2.15. The normalized spacial score (nSPS) is 10.6. The van der Waals surface area contributed by atoms with Crippen LogP contribution in [0.2, 0.25) is 0 Å². The van der Waals surface area contributed by atoms with E-state index >= 15 is 0 Å². The number of primary amides is 1. The monoisotopic (exact) mass is 281 g/mol. The standard InChI is InChI=1S/C13H19N3O4/c1-9(2)15(6-3-7-17)11-5-4-10(13(14)18)8-12(11)16(19)20/h4-5,8-9,17H,3,6-7H2,1-2H3,(H2,14,18). The van der Waals surface area contributed by atoms with Crippen LogP contribution in [-0.4, -0.2) is 35.1 Å². The maximum Gasteiger partial charge on any atom is 0.293 e. The Bertz CT molecular complexity index is 502. The van der Waals surface area contributed by atoms with Crippen LogP contribution in [0.15, 0.2) is 18.2 Å². The molecule has 0 saturated heterocycles. The molecular weight excluding hydrogens is 262 g/mol. The zero-order valence-electron chi connectivity index (χ0n) is 11.6. The maximum atomic E-state index is 11.2. The summed E-state index contributed by atoms with van der Waals surface area (Å²) in [6.07, 6.45) is 0.507. The summed E-state index contributed by atoms with van der Waals surface area (Å²) in [5.74, 6) is -0.703. The summed E-state index contributed by atoms with van der Waals surface area (Å²) >= 11 is 0. The number of hydrogen-bond acceptors (Lipinski definition) is 5. The van der Waals surface area contributed by atoms with Crippen molar-refractivity contribution in [1.82, 2.24) is 0 Å².